The van der Waals surface area contributed by atoms with Gasteiger partial charge in [-0.2, -0.15) is 0 Å². The SMILES string of the molecule is COc1cc(C(=O)NC(=S)N(N)c2cccc(NC(=O)C3CCCCC3)c2)cc(OC)c1OC. The van der Waals surface area contributed by atoms with Gasteiger partial charge < -0.3 is 19.5 Å². The molecule has 0 unspecified atom stereocenters. The number of carbonyl (C=O) groups is 2. The summed E-state index contributed by atoms with van der Waals surface area (Å²) in [5, 5.41) is 6.71. The molecule has 0 bridgehead atoms. The first kappa shape index (κ1) is 25.3. The number of nitrogens with zero attached hydrogens (tertiary/aromatic N) is 1. The molecule has 2 aromatic rings. The largest absolute Gasteiger partial charge is 0.493 e. The van der Waals surface area contributed by atoms with E-state index < -0.39 is 5.91 Å². The highest BCUT2D eigenvalue weighted by Gasteiger charge is 2.22. The van der Waals surface area contributed by atoms with E-state index in [1.807, 2.05) is 0 Å². The third-order valence-corrected chi connectivity index (χ3v) is 6.03. The van der Waals surface area contributed by atoms with Crippen LogP contribution in [0.4, 0.5) is 11.4 Å². The van der Waals surface area contributed by atoms with Gasteiger partial charge in [0.25, 0.3) is 5.91 Å². The maximum Gasteiger partial charge on any atom is 0.257 e. The van der Waals surface area contributed by atoms with Gasteiger partial charge in [0.05, 0.1) is 27.0 Å². The predicted octanol–water partition coefficient (Wildman–Crippen LogP) is 3.63. The van der Waals surface area contributed by atoms with Crippen LogP contribution >= 0.6 is 12.2 Å². The molecule has 0 spiro atoms. The summed E-state index contributed by atoms with van der Waals surface area (Å²) in [6.07, 6.45) is 5.15. The van der Waals surface area contributed by atoms with Crippen LogP contribution in [0.15, 0.2) is 36.4 Å². The molecule has 1 aliphatic carbocycles. The molecule has 3 rings (SSSR count). The molecule has 1 aliphatic rings. The van der Waals surface area contributed by atoms with E-state index in [4.69, 9.17) is 32.3 Å². The van der Waals surface area contributed by atoms with Crippen LogP contribution < -0.4 is 35.7 Å². The van der Waals surface area contributed by atoms with E-state index in [0.29, 0.717) is 28.6 Å². The summed E-state index contributed by atoms with van der Waals surface area (Å²) in [4.78, 5) is 25.4. The third-order valence-electron chi connectivity index (χ3n) is 5.73. The quantitative estimate of drug-likeness (QED) is 0.309. The second-order valence-electron chi connectivity index (χ2n) is 7.92. The van der Waals surface area contributed by atoms with Crippen molar-refractivity contribution in [2.75, 3.05) is 31.7 Å². The molecular weight excluding hydrogens is 456 g/mol. The lowest BCUT2D eigenvalue weighted by Crippen LogP contribution is -2.47. The average molecular weight is 487 g/mol. The van der Waals surface area contributed by atoms with Crippen LogP contribution in [0.1, 0.15) is 42.5 Å². The molecule has 0 aromatic heterocycles. The minimum absolute atomic E-state index is 0.0127. The standard InChI is InChI=1S/C24H30N4O5S/c1-31-19-12-16(13-20(32-2)21(19)33-3)23(30)27-24(34)28(25)18-11-7-10-17(14-18)26-22(29)15-8-5-4-6-9-15/h7,10-15H,4-6,8-9,25H2,1-3H3,(H,26,29)(H,27,30,34). The number of carbonyl (C=O) groups excluding carboxylic acids is 2. The van der Waals surface area contributed by atoms with Gasteiger partial charge in [0.2, 0.25) is 11.7 Å². The number of ether oxygens (including phenoxy) is 3. The Labute approximate surface area is 204 Å². The number of hydrogen-bond acceptors (Lipinski definition) is 7. The van der Waals surface area contributed by atoms with Crippen molar-refractivity contribution in [2.45, 2.75) is 32.1 Å². The molecule has 0 aliphatic heterocycles. The fourth-order valence-corrected chi connectivity index (χ4v) is 4.10. The molecule has 2 aromatic carbocycles. The van der Waals surface area contributed by atoms with Crippen molar-refractivity contribution >= 4 is 40.5 Å². The number of rotatable bonds is 7. The number of hydrogen-bond donors (Lipinski definition) is 3. The predicted molar refractivity (Wildman–Crippen MR) is 134 cm³/mol. The lowest BCUT2D eigenvalue weighted by molar-refractivity contribution is -0.120. The molecule has 0 radical (unpaired) electrons. The van der Waals surface area contributed by atoms with Crippen molar-refractivity contribution in [3.8, 4) is 17.2 Å². The topological polar surface area (TPSA) is 115 Å². The van der Waals surface area contributed by atoms with Crippen molar-refractivity contribution in [3.63, 3.8) is 0 Å². The zero-order valence-electron chi connectivity index (χ0n) is 19.6. The minimum atomic E-state index is -0.499. The van der Waals surface area contributed by atoms with Crippen LogP contribution in [-0.4, -0.2) is 38.3 Å². The van der Waals surface area contributed by atoms with Crippen molar-refractivity contribution < 1.29 is 23.8 Å². The molecule has 1 fully saturated rings. The lowest BCUT2D eigenvalue weighted by Gasteiger charge is -2.22. The number of hydrazine groups is 1. The summed E-state index contributed by atoms with van der Waals surface area (Å²) in [6, 6.07) is 10.0. The second kappa shape index (κ2) is 11.7. The highest BCUT2D eigenvalue weighted by Crippen LogP contribution is 2.38. The third kappa shape index (κ3) is 5.95. The molecular formula is C24H30N4O5S. The smallest absolute Gasteiger partial charge is 0.257 e. The molecule has 0 heterocycles. The molecule has 0 atom stereocenters. The van der Waals surface area contributed by atoms with Gasteiger partial charge in [-0.05, 0) is 55.4 Å². The molecule has 1 saturated carbocycles. The van der Waals surface area contributed by atoms with Gasteiger partial charge in [0.15, 0.2) is 16.6 Å². The zero-order chi connectivity index (χ0) is 24.7. The zero-order valence-corrected chi connectivity index (χ0v) is 20.4. The van der Waals surface area contributed by atoms with E-state index in [1.54, 1.807) is 24.3 Å². The minimum Gasteiger partial charge on any atom is -0.493 e. The monoisotopic (exact) mass is 486 g/mol. The first-order valence-corrected chi connectivity index (χ1v) is 11.4. The maximum atomic E-state index is 12.8. The van der Waals surface area contributed by atoms with Crippen LogP contribution in [0, 0.1) is 5.92 Å². The normalized spacial score (nSPS) is 13.5. The summed E-state index contributed by atoms with van der Waals surface area (Å²) >= 11 is 5.33. The highest BCUT2D eigenvalue weighted by atomic mass is 32.1. The van der Waals surface area contributed by atoms with Gasteiger partial charge in [0.1, 0.15) is 0 Å². The number of anilines is 2. The number of amides is 2. The van der Waals surface area contributed by atoms with E-state index in [9.17, 15) is 9.59 Å². The summed E-state index contributed by atoms with van der Waals surface area (Å²) in [7, 11) is 4.41. The second-order valence-corrected chi connectivity index (χ2v) is 8.30. The Kier molecular flexibility index (Phi) is 8.67. The number of nitrogens with one attached hydrogen (secondary N) is 2. The molecule has 9 nitrogen and oxygen atoms in total. The van der Waals surface area contributed by atoms with Crippen molar-refractivity contribution in [3.05, 3.63) is 42.0 Å². The number of thiocarbonyl (C=S) groups is 1. The van der Waals surface area contributed by atoms with Gasteiger partial charge in [-0.25, -0.2) is 5.84 Å². The highest BCUT2D eigenvalue weighted by molar-refractivity contribution is 7.80. The number of benzene rings is 2. The van der Waals surface area contributed by atoms with Crippen LogP contribution in [0.2, 0.25) is 0 Å². The Bertz CT molecular complexity index is 1030. The fraction of sp³-hybridized carbons (Fsp3) is 0.375. The molecule has 10 heteroatoms. The average Bonchev–Trinajstić information content (AvgIpc) is 2.87. The van der Waals surface area contributed by atoms with Crippen molar-refractivity contribution in [2.24, 2.45) is 11.8 Å². The van der Waals surface area contributed by atoms with E-state index >= 15 is 0 Å². The van der Waals surface area contributed by atoms with Crippen LogP contribution in [-0.2, 0) is 4.79 Å². The summed E-state index contributed by atoms with van der Waals surface area (Å²) < 4.78 is 15.9. The van der Waals surface area contributed by atoms with E-state index in [0.717, 1.165) is 25.7 Å². The van der Waals surface area contributed by atoms with Gasteiger partial charge >= 0.3 is 0 Å². The van der Waals surface area contributed by atoms with E-state index in [1.165, 1.54) is 44.9 Å². The molecule has 182 valence electrons. The Hall–Kier alpha value is -3.37. The molecule has 0 saturated heterocycles. The Morgan fingerprint density at radius 2 is 1.65 bits per heavy atom. The summed E-state index contributed by atoms with van der Waals surface area (Å²) in [5.41, 5.74) is 1.37. The van der Waals surface area contributed by atoms with Crippen LogP contribution in [0.5, 0.6) is 17.2 Å². The first-order chi connectivity index (χ1) is 16.4. The van der Waals surface area contributed by atoms with Crippen LogP contribution in [0.3, 0.4) is 0 Å². The first-order valence-electron chi connectivity index (χ1n) is 11.0. The van der Waals surface area contributed by atoms with Gasteiger partial charge in [-0.3, -0.25) is 19.9 Å². The Balaban J connectivity index is 1.69. The van der Waals surface area contributed by atoms with Crippen molar-refractivity contribution in [1.82, 2.24) is 5.32 Å². The number of nitrogens with two attached hydrogens (primary N) is 1. The fourth-order valence-electron chi connectivity index (χ4n) is 3.90. The lowest BCUT2D eigenvalue weighted by atomic mass is 9.88. The summed E-state index contributed by atoms with van der Waals surface area (Å²) in [5.74, 6) is 6.75. The molecule has 34 heavy (non-hydrogen) atoms. The van der Waals surface area contributed by atoms with Gasteiger partial charge in [-0.1, -0.05) is 25.3 Å². The van der Waals surface area contributed by atoms with E-state index in [2.05, 4.69) is 10.6 Å². The molecule has 4 N–H and O–H groups in total. The van der Waals surface area contributed by atoms with Crippen molar-refractivity contribution in [1.29, 1.82) is 0 Å². The Morgan fingerprint density at radius 3 is 2.24 bits per heavy atom. The molecule has 2 amide bonds. The van der Waals surface area contributed by atoms with Crippen LogP contribution in [0.25, 0.3) is 0 Å². The number of methoxy groups -OCH3 is 3. The Morgan fingerprint density at radius 1 is 1.00 bits per heavy atom. The van der Waals surface area contributed by atoms with E-state index in [-0.39, 0.29) is 22.5 Å². The summed E-state index contributed by atoms with van der Waals surface area (Å²) in [6.45, 7) is 0. The maximum absolute atomic E-state index is 12.8. The van der Waals surface area contributed by atoms with Gasteiger partial charge in [0, 0.05) is 17.2 Å². The van der Waals surface area contributed by atoms with Gasteiger partial charge in [-0.15, -0.1) is 0 Å².